The molecule has 4 N–H and O–H groups in total. The largest absolute Gasteiger partial charge is 0.465 e. The Kier molecular flexibility index (Phi) is 8.10. The van der Waals surface area contributed by atoms with Gasteiger partial charge in [0.15, 0.2) is 0 Å². The Bertz CT molecular complexity index is 1590. The molecule has 3 aromatic carbocycles. The number of carbonyl (C=O) groups excluding carboxylic acids is 3. The maximum Gasteiger partial charge on any atom is 0.409 e. The lowest BCUT2D eigenvalue weighted by atomic mass is 9.98. The summed E-state index contributed by atoms with van der Waals surface area (Å²) in [5.41, 5.74) is 5.81. The maximum atomic E-state index is 13.9. The van der Waals surface area contributed by atoms with E-state index in [2.05, 4.69) is 16.0 Å². The van der Waals surface area contributed by atoms with Crippen LogP contribution < -0.4 is 16.0 Å². The zero-order valence-electron chi connectivity index (χ0n) is 24.6. The molecule has 228 valence electrons. The van der Waals surface area contributed by atoms with Crippen LogP contribution in [0.4, 0.5) is 25.8 Å². The third kappa shape index (κ3) is 6.17. The molecule has 6 amide bonds. The minimum absolute atomic E-state index is 0.0109. The first kappa shape index (κ1) is 29.0. The van der Waals surface area contributed by atoms with Gasteiger partial charge in [0, 0.05) is 56.6 Å². The Morgan fingerprint density at radius 3 is 2.41 bits per heavy atom. The predicted molar refractivity (Wildman–Crippen MR) is 165 cm³/mol. The monoisotopic (exact) mass is 596 g/mol. The number of hydrogen-bond donors (Lipinski definition) is 4. The fraction of sp³-hybridized carbons (Fsp3) is 0.333. The molecule has 0 bridgehead atoms. The first-order valence-electron chi connectivity index (χ1n) is 14.9. The van der Waals surface area contributed by atoms with Crippen molar-refractivity contribution in [1.29, 1.82) is 0 Å². The first-order valence-corrected chi connectivity index (χ1v) is 14.9. The van der Waals surface area contributed by atoms with Crippen molar-refractivity contribution in [1.82, 2.24) is 20.0 Å². The molecule has 6 rings (SSSR count). The Labute approximate surface area is 255 Å². The van der Waals surface area contributed by atoms with Crippen LogP contribution in [0.25, 0.3) is 0 Å². The lowest BCUT2D eigenvalue weighted by molar-refractivity contribution is -0.134. The third-order valence-corrected chi connectivity index (χ3v) is 8.75. The zero-order valence-corrected chi connectivity index (χ0v) is 24.6. The van der Waals surface area contributed by atoms with Crippen molar-refractivity contribution in [2.75, 3.05) is 23.7 Å². The molecule has 0 aliphatic carbocycles. The molecule has 3 aromatic rings. The topological polar surface area (TPSA) is 134 Å². The van der Waals surface area contributed by atoms with E-state index in [1.54, 1.807) is 15.9 Å². The number of anilines is 2. The van der Waals surface area contributed by atoms with E-state index in [0.717, 1.165) is 33.5 Å². The summed E-state index contributed by atoms with van der Waals surface area (Å²) in [5, 5.41) is 17.7. The summed E-state index contributed by atoms with van der Waals surface area (Å²) in [6, 6.07) is 19.9. The quantitative estimate of drug-likeness (QED) is 0.337. The average Bonchev–Trinajstić information content (AvgIpc) is 3.13. The summed E-state index contributed by atoms with van der Waals surface area (Å²) < 4.78 is 0. The van der Waals surface area contributed by atoms with Gasteiger partial charge in [-0.3, -0.25) is 10.1 Å². The average molecular weight is 597 g/mol. The van der Waals surface area contributed by atoms with Crippen LogP contribution in [0.15, 0.2) is 66.7 Å². The highest BCUT2D eigenvalue weighted by atomic mass is 16.4. The second kappa shape index (κ2) is 12.3. The van der Waals surface area contributed by atoms with Crippen LogP contribution in [0, 0.1) is 6.92 Å². The number of urea groups is 2. The third-order valence-electron chi connectivity index (χ3n) is 8.75. The number of hydrogen-bond acceptors (Lipinski definition) is 4. The maximum absolute atomic E-state index is 13.9. The molecule has 3 heterocycles. The van der Waals surface area contributed by atoms with Crippen molar-refractivity contribution in [3.63, 3.8) is 0 Å². The van der Waals surface area contributed by atoms with Gasteiger partial charge in [-0.15, -0.1) is 0 Å². The molecule has 0 radical (unpaired) electrons. The molecular formula is C33H36N6O5. The van der Waals surface area contributed by atoms with Gasteiger partial charge in [-0.1, -0.05) is 54.6 Å². The molecule has 0 spiro atoms. The number of carbonyl (C=O) groups is 4. The van der Waals surface area contributed by atoms with Gasteiger partial charge in [-0.2, -0.15) is 0 Å². The van der Waals surface area contributed by atoms with E-state index in [4.69, 9.17) is 0 Å². The van der Waals surface area contributed by atoms with Crippen molar-refractivity contribution in [3.8, 4) is 0 Å². The lowest BCUT2D eigenvalue weighted by Crippen LogP contribution is -2.55. The number of fused-ring (bicyclic) bond motifs is 2. The number of piperidine rings is 1. The number of para-hydroxylation sites is 1. The molecular weight excluding hydrogens is 560 g/mol. The Morgan fingerprint density at radius 2 is 1.66 bits per heavy atom. The van der Waals surface area contributed by atoms with Crippen LogP contribution in [0.2, 0.25) is 0 Å². The van der Waals surface area contributed by atoms with Crippen molar-refractivity contribution >= 4 is 35.4 Å². The van der Waals surface area contributed by atoms with E-state index in [0.29, 0.717) is 51.1 Å². The van der Waals surface area contributed by atoms with E-state index in [1.807, 2.05) is 72.5 Å². The SMILES string of the molecule is Cc1cc2c(cc1NC(=O)O)CN(Cc1ccccc1)C(=O)C(NC(=O)N1CCC(N3Cc4ccccc4NC3=O)CC1)C2. The van der Waals surface area contributed by atoms with Crippen LogP contribution in [0.1, 0.15) is 40.7 Å². The van der Waals surface area contributed by atoms with E-state index < -0.39 is 12.1 Å². The number of benzene rings is 3. The number of nitrogens with zero attached hydrogens (tertiary/aromatic N) is 3. The van der Waals surface area contributed by atoms with Crippen LogP contribution in [0.3, 0.4) is 0 Å². The van der Waals surface area contributed by atoms with Crippen LogP contribution >= 0.6 is 0 Å². The number of nitrogens with one attached hydrogen (secondary N) is 3. The fourth-order valence-corrected chi connectivity index (χ4v) is 6.40. The molecule has 3 aliphatic heterocycles. The number of amides is 6. The molecule has 0 saturated carbocycles. The van der Waals surface area contributed by atoms with Crippen LogP contribution in [0.5, 0.6) is 0 Å². The molecule has 1 fully saturated rings. The molecule has 3 aliphatic rings. The van der Waals surface area contributed by atoms with Crippen molar-refractivity contribution < 1.29 is 24.3 Å². The minimum Gasteiger partial charge on any atom is -0.465 e. The van der Waals surface area contributed by atoms with E-state index in [-0.39, 0.29) is 30.6 Å². The number of aryl methyl sites for hydroxylation is 1. The number of likely N-dealkylation sites (tertiary alicyclic amines) is 1. The van der Waals surface area contributed by atoms with Crippen molar-refractivity contribution in [2.45, 2.75) is 57.9 Å². The van der Waals surface area contributed by atoms with Gasteiger partial charge in [0.25, 0.3) is 0 Å². The predicted octanol–water partition coefficient (Wildman–Crippen LogP) is 4.76. The highest BCUT2D eigenvalue weighted by Crippen LogP contribution is 2.29. The van der Waals surface area contributed by atoms with Crippen LogP contribution in [-0.2, 0) is 30.8 Å². The molecule has 0 aromatic heterocycles. The molecule has 1 unspecified atom stereocenters. The molecule has 44 heavy (non-hydrogen) atoms. The first-order chi connectivity index (χ1) is 21.2. The normalized spacial score (nSPS) is 18.6. The molecule has 11 heteroatoms. The van der Waals surface area contributed by atoms with Gasteiger partial charge in [0.05, 0.1) is 0 Å². The zero-order chi connectivity index (χ0) is 30.8. The summed E-state index contributed by atoms with van der Waals surface area (Å²) in [4.78, 5) is 56.9. The van der Waals surface area contributed by atoms with Crippen LogP contribution in [-0.4, -0.2) is 69.0 Å². The van der Waals surface area contributed by atoms with Crippen molar-refractivity contribution in [3.05, 3.63) is 94.5 Å². The lowest BCUT2D eigenvalue weighted by Gasteiger charge is -2.40. The molecule has 1 saturated heterocycles. The Hall–Kier alpha value is -5.06. The summed E-state index contributed by atoms with van der Waals surface area (Å²) in [6.07, 6.45) is 0.425. The minimum atomic E-state index is -1.15. The van der Waals surface area contributed by atoms with Gasteiger partial charge in [0.1, 0.15) is 6.04 Å². The second-order valence-electron chi connectivity index (χ2n) is 11.7. The Morgan fingerprint density at radius 1 is 0.932 bits per heavy atom. The van der Waals surface area contributed by atoms with Gasteiger partial charge in [-0.25, -0.2) is 14.4 Å². The highest BCUT2D eigenvalue weighted by molar-refractivity contribution is 5.92. The summed E-state index contributed by atoms with van der Waals surface area (Å²) in [5.74, 6) is -0.192. The molecule has 11 nitrogen and oxygen atoms in total. The highest BCUT2D eigenvalue weighted by Gasteiger charge is 2.35. The van der Waals surface area contributed by atoms with E-state index in [9.17, 15) is 24.3 Å². The standard InChI is InChI=1S/C33H36N6O5/c1-21-15-24-16-29(30(40)38(18-22-7-3-2-4-8-22)19-25(24)17-28(21)36-33(43)44)35-31(41)37-13-11-26(12-14-37)39-20-23-9-5-6-10-27(23)34-32(39)42/h2-10,15,17,26,29,36H,11-14,16,18-20H2,1H3,(H,34,42)(H,35,41)(H,43,44). The van der Waals surface area contributed by atoms with Gasteiger partial charge < -0.3 is 30.4 Å². The second-order valence-corrected chi connectivity index (χ2v) is 11.7. The van der Waals surface area contributed by atoms with E-state index >= 15 is 0 Å². The number of carboxylic acid groups (broad SMARTS) is 1. The van der Waals surface area contributed by atoms with Gasteiger partial charge in [0.2, 0.25) is 5.91 Å². The summed E-state index contributed by atoms with van der Waals surface area (Å²) >= 11 is 0. The fourth-order valence-electron chi connectivity index (χ4n) is 6.40. The summed E-state index contributed by atoms with van der Waals surface area (Å²) in [6.45, 7) is 3.94. The summed E-state index contributed by atoms with van der Waals surface area (Å²) in [7, 11) is 0. The number of rotatable bonds is 5. The van der Waals surface area contributed by atoms with Crippen molar-refractivity contribution in [2.24, 2.45) is 0 Å². The Balaban J connectivity index is 1.16. The van der Waals surface area contributed by atoms with Gasteiger partial charge in [-0.05, 0) is 59.7 Å². The van der Waals surface area contributed by atoms with Gasteiger partial charge >= 0.3 is 18.2 Å². The molecule has 1 atom stereocenters. The smallest absolute Gasteiger partial charge is 0.409 e. The van der Waals surface area contributed by atoms with E-state index in [1.165, 1.54) is 0 Å².